The van der Waals surface area contributed by atoms with Gasteiger partial charge in [-0.15, -0.1) is 0 Å². The number of halogens is 1. The standard InChI is InChI=1S/C16H15FN2O/c17-15-6-5-13(18)9-14(15)16(20)19-8-7-11-3-1-2-4-12(11)10-19/h1-6,9H,7-8,10,18H2. The molecule has 0 aliphatic carbocycles. The van der Waals surface area contributed by atoms with Crippen molar-refractivity contribution in [2.45, 2.75) is 13.0 Å². The first-order valence-corrected chi connectivity index (χ1v) is 6.56. The molecule has 2 aromatic rings. The van der Waals surface area contributed by atoms with Crippen molar-refractivity contribution in [3.05, 3.63) is 65.0 Å². The molecule has 2 N–H and O–H groups in total. The van der Waals surface area contributed by atoms with Crippen LogP contribution in [-0.4, -0.2) is 17.4 Å². The predicted octanol–water partition coefficient (Wildman–Crippen LogP) is 2.61. The Balaban J connectivity index is 1.88. The average Bonchev–Trinajstić information content (AvgIpc) is 2.48. The van der Waals surface area contributed by atoms with Crippen LogP contribution in [0.3, 0.4) is 0 Å². The minimum atomic E-state index is -0.525. The first kappa shape index (κ1) is 12.7. The van der Waals surface area contributed by atoms with E-state index in [0.717, 1.165) is 12.0 Å². The lowest BCUT2D eigenvalue weighted by molar-refractivity contribution is 0.0730. The third-order valence-electron chi connectivity index (χ3n) is 3.64. The van der Waals surface area contributed by atoms with Crippen LogP contribution in [0.5, 0.6) is 0 Å². The molecule has 4 heteroatoms. The quantitative estimate of drug-likeness (QED) is 0.810. The van der Waals surface area contributed by atoms with Crippen molar-refractivity contribution in [3.63, 3.8) is 0 Å². The van der Waals surface area contributed by atoms with Crippen LogP contribution in [0.25, 0.3) is 0 Å². The van der Waals surface area contributed by atoms with E-state index in [1.54, 1.807) is 4.90 Å². The highest BCUT2D eigenvalue weighted by atomic mass is 19.1. The number of nitrogen functional groups attached to an aromatic ring is 1. The van der Waals surface area contributed by atoms with Crippen molar-refractivity contribution in [3.8, 4) is 0 Å². The summed E-state index contributed by atoms with van der Waals surface area (Å²) in [6, 6.07) is 12.1. The van der Waals surface area contributed by atoms with Crippen molar-refractivity contribution in [1.29, 1.82) is 0 Å². The lowest BCUT2D eigenvalue weighted by atomic mass is 9.99. The smallest absolute Gasteiger partial charge is 0.257 e. The first-order valence-electron chi connectivity index (χ1n) is 6.56. The van der Waals surface area contributed by atoms with Crippen molar-refractivity contribution < 1.29 is 9.18 Å². The highest BCUT2D eigenvalue weighted by molar-refractivity contribution is 5.95. The van der Waals surface area contributed by atoms with Gasteiger partial charge in [0.2, 0.25) is 0 Å². The number of anilines is 1. The Kier molecular flexibility index (Phi) is 3.14. The number of carbonyl (C=O) groups is 1. The summed E-state index contributed by atoms with van der Waals surface area (Å²) in [5.41, 5.74) is 8.45. The van der Waals surface area contributed by atoms with Crippen LogP contribution < -0.4 is 5.73 Å². The molecule has 0 aromatic heterocycles. The molecule has 1 aliphatic heterocycles. The topological polar surface area (TPSA) is 46.3 Å². The second-order valence-electron chi connectivity index (χ2n) is 4.98. The fourth-order valence-electron chi connectivity index (χ4n) is 2.55. The minimum Gasteiger partial charge on any atom is -0.399 e. The summed E-state index contributed by atoms with van der Waals surface area (Å²) in [6.45, 7) is 1.12. The van der Waals surface area contributed by atoms with Gasteiger partial charge in [-0.1, -0.05) is 24.3 Å². The van der Waals surface area contributed by atoms with E-state index < -0.39 is 5.82 Å². The summed E-state index contributed by atoms with van der Waals surface area (Å²) in [5, 5.41) is 0. The molecule has 20 heavy (non-hydrogen) atoms. The zero-order chi connectivity index (χ0) is 14.1. The Morgan fingerprint density at radius 3 is 2.70 bits per heavy atom. The maximum atomic E-state index is 13.8. The molecule has 0 saturated carbocycles. The molecule has 1 aliphatic rings. The van der Waals surface area contributed by atoms with E-state index in [2.05, 4.69) is 6.07 Å². The van der Waals surface area contributed by atoms with Crippen LogP contribution in [0, 0.1) is 5.82 Å². The van der Waals surface area contributed by atoms with Crippen LogP contribution in [0.4, 0.5) is 10.1 Å². The Bertz CT molecular complexity index is 669. The highest BCUT2D eigenvalue weighted by Gasteiger charge is 2.23. The molecule has 1 heterocycles. The number of nitrogens with zero attached hydrogens (tertiary/aromatic N) is 1. The van der Waals surface area contributed by atoms with Gasteiger partial charge in [0.05, 0.1) is 5.56 Å². The number of amides is 1. The number of nitrogens with two attached hydrogens (primary N) is 1. The van der Waals surface area contributed by atoms with E-state index >= 15 is 0 Å². The van der Waals surface area contributed by atoms with Crippen LogP contribution in [0.2, 0.25) is 0 Å². The summed E-state index contributed by atoms with van der Waals surface area (Å²) in [5.74, 6) is -0.827. The van der Waals surface area contributed by atoms with Gasteiger partial charge < -0.3 is 10.6 Å². The second kappa shape index (κ2) is 4.96. The molecule has 102 valence electrons. The molecule has 0 radical (unpaired) electrons. The Morgan fingerprint density at radius 2 is 1.90 bits per heavy atom. The van der Waals surface area contributed by atoms with Crippen LogP contribution >= 0.6 is 0 Å². The third-order valence-corrected chi connectivity index (χ3v) is 3.64. The van der Waals surface area contributed by atoms with Gasteiger partial charge in [-0.25, -0.2) is 4.39 Å². The molecule has 3 nitrogen and oxygen atoms in total. The van der Waals surface area contributed by atoms with Gasteiger partial charge in [0.1, 0.15) is 5.82 Å². The maximum absolute atomic E-state index is 13.8. The molecule has 0 atom stereocenters. The summed E-state index contributed by atoms with van der Waals surface area (Å²) in [7, 11) is 0. The van der Waals surface area contributed by atoms with Crippen molar-refractivity contribution in [2.75, 3.05) is 12.3 Å². The van der Waals surface area contributed by atoms with Gasteiger partial charge in [0.25, 0.3) is 5.91 Å². The van der Waals surface area contributed by atoms with Gasteiger partial charge in [-0.2, -0.15) is 0 Å². The number of carbonyl (C=O) groups excluding carboxylic acids is 1. The van der Waals surface area contributed by atoms with Crippen LogP contribution in [-0.2, 0) is 13.0 Å². The number of benzene rings is 2. The number of rotatable bonds is 1. The van der Waals surface area contributed by atoms with Gasteiger partial charge in [-0.3, -0.25) is 4.79 Å². The maximum Gasteiger partial charge on any atom is 0.257 e. The lowest BCUT2D eigenvalue weighted by Gasteiger charge is -2.29. The molecular weight excluding hydrogens is 255 g/mol. The molecule has 3 rings (SSSR count). The van der Waals surface area contributed by atoms with Crippen molar-refractivity contribution >= 4 is 11.6 Å². The van der Waals surface area contributed by atoms with E-state index in [-0.39, 0.29) is 11.5 Å². The van der Waals surface area contributed by atoms with E-state index in [1.165, 1.54) is 23.8 Å². The number of hydrogen-bond donors (Lipinski definition) is 1. The van der Waals surface area contributed by atoms with Crippen molar-refractivity contribution in [2.24, 2.45) is 0 Å². The molecule has 0 unspecified atom stereocenters. The zero-order valence-electron chi connectivity index (χ0n) is 11.0. The SMILES string of the molecule is Nc1ccc(F)c(C(=O)N2CCc3ccccc3C2)c1. The Labute approximate surface area is 116 Å². The highest BCUT2D eigenvalue weighted by Crippen LogP contribution is 2.22. The van der Waals surface area contributed by atoms with E-state index in [0.29, 0.717) is 18.8 Å². The fourth-order valence-corrected chi connectivity index (χ4v) is 2.55. The predicted molar refractivity (Wildman–Crippen MR) is 75.7 cm³/mol. The normalized spacial score (nSPS) is 13.9. The van der Waals surface area contributed by atoms with Crippen LogP contribution in [0.15, 0.2) is 42.5 Å². The zero-order valence-corrected chi connectivity index (χ0v) is 11.0. The summed E-state index contributed by atoms with van der Waals surface area (Å²) in [6.07, 6.45) is 0.797. The van der Waals surface area contributed by atoms with Crippen LogP contribution in [0.1, 0.15) is 21.5 Å². The summed E-state index contributed by atoms with van der Waals surface area (Å²) < 4.78 is 13.8. The van der Waals surface area contributed by atoms with Gasteiger partial charge in [0, 0.05) is 18.8 Å². The molecule has 0 spiro atoms. The molecule has 0 fully saturated rings. The van der Waals surface area contributed by atoms with Gasteiger partial charge in [0.15, 0.2) is 0 Å². The summed E-state index contributed by atoms with van der Waals surface area (Å²) >= 11 is 0. The molecule has 1 amide bonds. The van der Waals surface area contributed by atoms with Gasteiger partial charge in [-0.05, 0) is 35.7 Å². The molecule has 0 bridgehead atoms. The Hall–Kier alpha value is -2.36. The van der Waals surface area contributed by atoms with Crippen molar-refractivity contribution in [1.82, 2.24) is 4.90 Å². The largest absolute Gasteiger partial charge is 0.399 e. The van der Waals surface area contributed by atoms with E-state index in [9.17, 15) is 9.18 Å². The van der Waals surface area contributed by atoms with E-state index in [4.69, 9.17) is 5.73 Å². The second-order valence-corrected chi connectivity index (χ2v) is 4.98. The number of fused-ring (bicyclic) bond motifs is 1. The van der Waals surface area contributed by atoms with Gasteiger partial charge >= 0.3 is 0 Å². The molecule has 2 aromatic carbocycles. The minimum absolute atomic E-state index is 0.0457. The third kappa shape index (κ3) is 2.25. The first-order chi connectivity index (χ1) is 9.65. The molecular formula is C16H15FN2O. The number of hydrogen-bond acceptors (Lipinski definition) is 2. The summed E-state index contributed by atoms with van der Waals surface area (Å²) in [4.78, 5) is 14.1. The lowest BCUT2D eigenvalue weighted by Crippen LogP contribution is -2.36. The Morgan fingerprint density at radius 1 is 1.15 bits per heavy atom. The fraction of sp³-hybridized carbons (Fsp3) is 0.188. The average molecular weight is 270 g/mol. The van der Waals surface area contributed by atoms with E-state index in [1.807, 2.05) is 18.2 Å². The monoisotopic (exact) mass is 270 g/mol. The molecule has 0 saturated heterocycles.